The lowest BCUT2D eigenvalue weighted by Crippen LogP contribution is -2.62. The molecular formula is C51H67N11O12S2. The molecule has 1 fully saturated rings. The minimum absolute atomic E-state index is 0.00544. The predicted octanol–water partition coefficient (Wildman–Crippen LogP) is -0.113. The molecule has 2 aromatic carbocycles. The van der Waals surface area contributed by atoms with E-state index in [1.807, 2.05) is 19.0 Å². The zero-order valence-corrected chi connectivity index (χ0v) is 45.1. The Morgan fingerprint density at radius 1 is 0.697 bits per heavy atom. The van der Waals surface area contributed by atoms with E-state index < -0.39 is 121 Å². The number of hydrogen-bond acceptors (Lipinski definition) is 17. The first-order valence-electron chi connectivity index (χ1n) is 24.6. The van der Waals surface area contributed by atoms with E-state index >= 15 is 0 Å². The molecule has 23 nitrogen and oxygen atoms in total. The van der Waals surface area contributed by atoms with Crippen LogP contribution in [0.2, 0.25) is 0 Å². The van der Waals surface area contributed by atoms with Crippen molar-refractivity contribution in [3.63, 3.8) is 0 Å². The molecule has 4 aromatic rings. The number of esters is 1. The molecule has 0 aliphatic carbocycles. The molecule has 410 valence electrons. The highest BCUT2D eigenvalue weighted by atomic mass is 32.1. The van der Waals surface area contributed by atoms with Gasteiger partial charge in [-0.25, -0.2) is 14.8 Å². The number of nitrogens with one attached hydrogen (secondary N) is 8. The Morgan fingerprint density at radius 3 is 1.84 bits per heavy atom. The van der Waals surface area contributed by atoms with Gasteiger partial charge in [0.15, 0.2) is 0 Å². The Bertz CT molecular complexity index is 2660. The Balaban J connectivity index is 1.38. The second-order valence-electron chi connectivity index (χ2n) is 19.1. The summed E-state index contributed by atoms with van der Waals surface area (Å²) in [6.07, 6.45) is -1.81. The van der Waals surface area contributed by atoms with Crippen molar-refractivity contribution in [2.45, 2.75) is 115 Å². The Hall–Kier alpha value is -7.19. The van der Waals surface area contributed by atoms with Crippen LogP contribution in [0.3, 0.4) is 0 Å². The van der Waals surface area contributed by atoms with Gasteiger partial charge in [-0.1, -0.05) is 88.4 Å². The molecule has 0 saturated carbocycles. The summed E-state index contributed by atoms with van der Waals surface area (Å²) in [5.74, 6) is -8.61. The number of hydrogen-bond donors (Lipinski definition) is 10. The highest BCUT2D eigenvalue weighted by Crippen LogP contribution is 2.29. The van der Waals surface area contributed by atoms with Crippen molar-refractivity contribution in [2.24, 2.45) is 11.8 Å². The molecule has 1 saturated heterocycles. The van der Waals surface area contributed by atoms with Gasteiger partial charge in [-0.05, 0) is 50.9 Å². The number of aliphatic hydroxyl groups is 2. The molecule has 2 aromatic heterocycles. The highest BCUT2D eigenvalue weighted by Gasteiger charge is 2.39. The topological polar surface area (TPSA) is 329 Å². The first-order chi connectivity index (χ1) is 36.1. The maximum atomic E-state index is 14.3. The molecule has 9 atom stereocenters. The molecule has 0 radical (unpaired) electrons. The molecule has 0 bridgehead atoms. The van der Waals surface area contributed by atoms with Gasteiger partial charge in [0, 0.05) is 23.6 Å². The molecule has 1 aliphatic heterocycles. The largest absolute Gasteiger partial charge is 0.458 e. The summed E-state index contributed by atoms with van der Waals surface area (Å²) in [6.45, 7) is 7.84. The van der Waals surface area contributed by atoms with Gasteiger partial charge >= 0.3 is 5.97 Å². The third-order valence-electron chi connectivity index (χ3n) is 12.1. The van der Waals surface area contributed by atoms with E-state index in [-0.39, 0.29) is 42.7 Å². The van der Waals surface area contributed by atoms with Crippen LogP contribution in [0.15, 0.2) is 71.4 Å². The van der Waals surface area contributed by atoms with Gasteiger partial charge in [-0.2, -0.15) is 0 Å². The van der Waals surface area contributed by atoms with Gasteiger partial charge in [-0.3, -0.25) is 38.4 Å². The summed E-state index contributed by atoms with van der Waals surface area (Å²) in [5.41, 5.74) is 1.27. The minimum Gasteiger partial charge on any atom is -0.458 e. The second-order valence-corrected chi connectivity index (χ2v) is 20.9. The lowest BCUT2D eigenvalue weighted by Gasteiger charge is -2.30. The average molecular weight is 1090 g/mol. The van der Waals surface area contributed by atoms with Gasteiger partial charge in [-0.15, -0.1) is 22.7 Å². The molecule has 0 unspecified atom stereocenters. The monoisotopic (exact) mass is 1090 g/mol. The number of aromatic nitrogens is 2. The number of cyclic esters (lactones) is 1. The molecule has 1 aliphatic rings. The normalized spacial score (nSPS) is 22.1. The van der Waals surface area contributed by atoms with Crippen LogP contribution >= 0.6 is 22.7 Å². The summed E-state index contributed by atoms with van der Waals surface area (Å²) >= 11 is 2.40. The summed E-state index contributed by atoms with van der Waals surface area (Å²) in [6, 6.07) is 6.39. The maximum Gasteiger partial charge on any atom is 0.329 e. The predicted molar refractivity (Wildman–Crippen MR) is 280 cm³/mol. The third kappa shape index (κ3) is 16.7. The fraction of sp³-hybridized carbons (Fsp3) is 0.471. The van der Waals surface area contributed by atoms with E-state index in [4.69, 9.17) is 4.74 Å². The third-order valence-corrected chi connectivity index (χ3v) is 13.9. The van der Waals surface area contributed by atoms with Crippen LogP contribution in [0.25, 0.3) is 0 Å². The van der Waals surface area contributed by atoms with Crippen LogP contribution in [0, 0.1) is 11.8 Å². The summed E-state index contributed by atoms with van der Waals surface area (Å²) in [5, 5.41) is 45.0. The van der Waals surface area contributed by atoms with Gasteiger partial charge in [0.25, 0.3) is 11.8 Å². The SMILES string of the molecule is CC(C)[C@@H]1NC(=O)[C@@H](Cc2ccccc2)NC(=O)[C@@H](C)NC(=O)[C@H](CO)NC(=O)[C@@H](NC(=O)[C@@H](CO)NC(=O)c2csc(CNC(=O)c3csc([C@H](C(C)C)N(C)C)n3)n2)[C@@H](C)OC(=O)[C@H](Cc2ccccc2)NC1=O. The first-order valence-corrected chi connectivity index (χ1v) is 26.3. The molecule has 3 heterocycles. The fourth-order valence-corrected chi connectivity index (χ4v) is 9.95. The summed E-state index contributed by atoms with van der Waals surface area (Å²) in [4.78, 5) is 135. The number of carbonyl (C=O) groups excluding carboxylic acids is 9. The molecule has 0 spiro atoms. The van der Waals surface area contributed by atoms with E-state index in [2.05, 4.69) is 66.3 Å². The smallest absolute Gasteiger partial charge is 0.329 e. The highest BCUT2D eigenvalue weighted by molar-refractivity contribution is 7.10. The maximum absolute atomic E-state index is 14.3. The summed E-state index contributed by atoms with van der Waals surface area (Å²) in [7, 11) is 3.87. The average Bonchev–Trinajstić information content (AvgIpc) is 4.07. The number of aliphatic hydroxyl groups excluding tert-OH is 2. The van der Waals surface area contributed by atoms with Crippen molar-refractivity contribution in [1.29, 1.82) is 0 Å². The first kappa shape index (κ1) is 59.7. The van der Waals surface area contributed by atoms with Crippen molar-refractivity contribution in [3.8, 4) is 0 Å². The summed E-state index contributed by atoms with van der Waals surface area (Å²) < 4.78 is 5.80. The zero-order chi connectivity index (χ0) is 55.8. The van der Waals surface area contributed by atoms with Gasteiger partial charge in [0.2, 0.25) is 35.4 Å². The van der Waals surface area contributed by atoms with Crippen molar-refractivity contribution in [2.75, 3.05) is 27.3 Å². The number of thiazole rings is 2. The number of carbonyl (C=O) groups is 9. The standard InChI is InChI=1S/C51H67N11O12S2/c1-26(2)39-48(71)56-33(20-31-17-13-10-14-18-31)51(73)74-29(6)40(49(72)58-34(22-63)45(68)53-28(5)42(65)55-32(44(67)60-39)19-30-15-11-9-12-16-30)61-46(69)35(23-64)57-47(70)37-24-75-38(54-37)21-52-43(66)36-25-76-50(59-36)41(27(3)4)62(7)8/h9-18,24-29,32-35,39-41,63-64H,19-23H2,1-8H3,(H,52,66)(H,53,68)(H,55,65)(H,56,71)(H,57,70)(H,58,72)(H,60,67)(H,61,69)/t28-,29-,32-,33+,34+,35-,39+,40+,41+/m1/s1. The minimum atomic E-state index is -1.91. The van der Waals surface area contributed by atoms with Crippen molar-refractivity contribution in [3.05, 3.63) is 104 Å². The van der Waals surface area contributed by atoms with E-state index in [0.717, 1.165) is 16.3 Å². The molecule has 8 amide bonds. The van der Waals surface area contributed by atoms with Crippen LogP contribution in [-0.2, 0) is 57.7 Å². The number of benzene rings is 2. The number of amides is 8. The Labute approximate surface area is 448 Å². The van der Waals surface area contributed by atoms with Crippen molar-refractivity contribution < 1.29 is 58.1 Å². The Morgan fingerprint density at radius 2 is 1.26 bits per heavy atom. The van der Waals surface area contributed by atoms with Gasteiger partial charge in [0.1, 0.15) is 69.8 Å². The molecule has 10 N–H and O–H groups in total. The van der Waals surface area contributed by atoms with E-state index in [0.29, 0.717) is 16.1 Å². The molecule has 25 heteroatoms. The molecule has 5 rings (SSSR count). The molecular weight excluding hydrogens is 1020 g/mol. The molecule has 76 heavy (non-hydrogen) atoms. The van der Waals surface area contributed by atoms with Crippen LogP contribution in [0.5, 0.6) is 0 Å². The Kier molecular flexibility index (Phi) is 22.1. The second kappa shape index (κ2) is 28.1. The van der Waals surface area contributed by atoms with E-state index in [9.17, 15) is 53.4 Å². The van der Waals surface area contributed by atoms with Gasteiger partial charge in [0.05, 0.1) is 25.8 Å². The van der Waals surface area contributed by atoms with Gasteiger partial charge < -0.3 is 62.4 Å². The van der Waals surface area contributed by atoms with E-state index in [1.54, 1.807) is 79.9 Å². The zero-order valence-electron chi connectivity index (χ0n) is 43.4. The number of ether oxygens (including phenoxy) is 1. The lowest BCUT2D eigenvalue weighted by molar-refractivity contribution is -0.156. The van der Waals surface area contributed by atoms with Crippen LogP contribution in [0.4, 0.5) is 0 Å². The van der Waals surface area contributed by atoms with Crippen molar-refractivity contribution in [1.82, 2.24) is 57.4 Å². The fourth-order valence-electron chi connectivity index (χ4n) is 8.07. The van der Waals surface area contributed by atoms with Crippen LogP contribution in [-0.4, -0.2) is 154 Å². The quantitative estimate of drug-likeness (QED) is 0.0617. The van der Waals surface area contributed by atoms with E-state index in [1.165, 1.54) is 30.6 Å². The van der Waals surface area contributed by atoms with Crippen LogP contribution < -0.4 is 42.5 Å². The lowest BCUT2D eigenvalue weighted by atomic mass is 9.99. The van der Waals surface area contributed by atoms with Crippen LogP contribution in [0.1, 0.15) is 89.7 Å². The van der Waals surface area contributed by atoms with Crippen molar-refractivity contribution >= 4 is 75.9 Å². The number of nitrogens with zero attached hydrogens (tertiary/aromatic N) is 3. The number of rotatable bonds is 17.